The molecule has 5 rings (SSSR count). The van der Waals surface area contributed by atoms with Gasteiger partial charge in [-0.05, 0) is 49.1 Å². The number of fused-ring (bicyclic) bond motifs is 2. The van der Waals surface area contributed by atoms with Gasteiger partial charge in [0.15, 0.2) is 5.82 Å². The first kappa shape index (κ1) is 17.6. The van der Waals surface area contributed by atoms with Crippen molar-refractivity contribution in [2.75, 3.05) is 10.2 Å². The molecule has 1 fully saturated rings. The normalized spacial score (nSPS) is 16.7. The van der Waals surface area contributed by atoms with Gasteiger partial charge in [-0.2, -0.15) is 0 Å². The average molecular weight is 382 g/mol. The van der Waals surface area contributed by atoms with Crippen molar-refractivity contribution in [3.63, 3.8) is 0 Å². The van der Waals surface area contributed by atoms with Crippen LogP contribution in [0.2, 0.25) is 0 Å². The Morgan fingerprint density at radius 3 is 2.52 bits per heavy atom. The lowest BCUT2D eigenvalue weighted by Gasteiger charge is -2.38. The van der Waals surface area contributed by atoms with Gasteiger partial charge in [-0.1, -0.05) is 36.4 Å². The predicted molar refractivity (Wildman–Crippen MR) is 116 cm³/mol. The number of anilines is 3. The number of benzene rings is 2. The third kappa shape index (κ3) is 2.80. The zero-order valence-corrected chi connectivity index (χ0v) is 15.9. The van der Waals surface area contributed by atoms with E-state index in [-0.39, 0.29) is 17.2 Å². The third-order valence-corrected chi connectivity index (χ3v) is 5.89. The van der Waals surface area contributed by atoms with E-state index in [4.69, 9.17) is 16.6 Å². The van der Waals surface area contributed by atoms with Crippen LogP contribution in [0.25, 0.3) is 0 Å². The van der Waals surface area contributed by atoms with Crippen LogP contribution in [-0.4, -0.2) is 16.7 Å². The maximum Gasteiger partial charge on any atom is 0.154 e. The molecular formula is C23H22N6. The summed E-state index contributed by atoms with van der Waals surface area (Å²) >= 11 is 0. The second kappa shape index (κ2) is 6.53. The zero-order chi connectivity index (χ0) is 20.0. The number of aromatic nitrogens is 1. The molecule has 1 aliphatic carbocycles. The van der Waals surface area contributed by atoms with Gasteiger partial charge in [0.05, 0.1) is 11.4 Å². The number of hydrogen-bond donors (Lipinski definition) is 4. The summed E-state index contributed by atoms with van der Waals surface area (Å²) in [5, 5.41) is 21.1. The van der Waals surface area contributed by atoms with Crippen molar-refractivity contribution in [2.45, 2.75) is 24.8 Å². The van der Waals surface area contributed by atoms with Gasteiger partial charge in [0.25, 0.3) is 0 Å². The minimum atomic E-state index is -0.227. The van der Waals surface area contributed by atoms with Gasteiger partial charge in [0.2, 0.25) is 0 Å². The topological polar surface area (TPSA) is 102 Å². The highest BCUT2D eigenvalue weighted by atomic mass is 15.2. The summed E-state index contributed by atoms with van der Waals surface area (Å²) in [6.07, 6.45) is 4.87. The molecule has 5 N–H and O–H groups in total. The molecule has 0 amide bonds. The van der Waals surface area contributed by atoms with Crippen molar-refractivity contribution in [3.8, 4) is 0 Å². The molecule has 0 bridgehead atoms. The summed E-state index contributed by atoms with van der Waals surface area (Å²) in [4.78, 5) is 6.08. The second-order valence-corrected chi connectivity index (χ2v) is 7.66. The lowest BCUT2D eigenvalue weighted by Crippen LogP contribution is -2.43. The Morgan fingerprint density at radius 1 is 1.03 bits per heavy atom. The van der Waals surface area contributed by atoms with Crippen LogP contribution < -0.4 is 16.0 Å². The van der Waals surface area contributed by atoms with Gasteiger partial charge in [0, 0.05) is 22.9 Å². The molecule has 0 radical (unpaired) electrons. The Kier molecular flexibility index (Phi) is 3.96. The summed E-state index contributed by atoms with van der Waals surface area (Å²) < 4.78 is 0. The highest BCUT2D eigenvalue weighted by molar-refractivity contribution is 6.30. The summed E-state index contributed by atoms with van der Waals surface area (Å²) in [7, 11) is 0. The lowest BCUT2D eigenvalue weighted by atomic mass is 9.73. The molecule has 0 unspecified atom stereocenters. The molecule has 3 aromatic rings. The second-order valence-electron chi connectivity index (χ2n) is 7.66. The smallest absolute Gasteiger partial charge is 0.154 e. The highest BCUT2D eigenvalue weighted by Gasteiger charge is 2.34. The first-order chi connectivity index (χ1) is 14.1. The van der Waals surface area contributed by atoms with E-state index >= 15 is 0 Å². The fourth-order valence-corrected chi connectivity index (χ4v) is 4.01. The monoisotopic (exact) mass is 382 g/mol. The molecule has 144 valence electrons. The van der Waals surface area contributed by atoms with Crippen molar-refractivity contribution in [3.05, 3.63) is 83.6 Å². The summed E-state index contributed by atoms with van der Waals surface area (Å²) in [5.41, 5.74) is 10.3. The van der Waals surface area contributed by atoms with Crippen LogP contribution in [0, 0.1) is 10.8 Å². The maximum atomic E-state index is 8.91. The van der Waals surface area contributed by atoms with E-state index in [9.17, 15) is 0 Å². The van der Waals surface area contributed by atoms with Gasteiger partial charge in [-0.15, -0.1) is 0 Å². The molecule has 1 aromatic heterocycles. The molecule has 2 heterocycles. The lowest BCUT2D eigenvalue weighted by molar-refractivity contribution is 0.253. The molecule has 0 saturated heterocycles. The fourth-order valence-electron chi connectivity index (χ4n) is 4.01. The van der Waals surface area contributed by atoms with Crippen molar-refractivity contribution >= 4 is 28.9 Å². The molecule has 1 saturated carbocycles. The summed E-state index contributed by atoms with van der Waals surface area (Å²) in [5.74, 6) is 1.09. The number of para-hydroxylation sites is 1. The Bertz CT molecular complexity index is 1110. The quantitative estimate of drug-likeness (QED) is 0.391. The van der Waals surface area contributed by atoms with Gasteiger partial charge < -0.3 is 11.1 Å². The predicted octanol–water partition coefficient (Wildman–Crippen LogP) is 4.33. The standard InChI is InChI=1S/C23H22N6/c24-20(15-8-10-16(11-9-15)23(26)12-4-13-23)29-19-7-3-14-27-22(19)28-18-6-2-1-5-17(18)21(29)25/h1-3,5-11,14,24-25H,4,12-13,26H2,(H,27,28). The van der Waals surface area contributed by atoms with Crippen LogP contribution in [0.4, 0.5) is 17.2 Å². The van der Waals surface area contributed by atoms with Crippen LogP contribution in [0.1, 0.15) is 36.0 Å². The van der Waals surface area contributed by atoms with Crippen molar-refractivity contribution < 1.29 is 0 Å². The minimum Gasteiger partial charge on any atom is -0.338 e. The molecule has 29 heavy (non-hydrogen) atoms. The largest absolute Gasteiger partial charge is 0.338 e. The van der Waals surface area contributed by atoms with Crippen molar-refractivity contribution in [1.82, 2.24) is 4.98 Å². The van der Waals surface area contributed by atoms with E-state index in [1.165, 1.54) is 0 Å². The van der Waals surface area contributed by atoms with E-state index in [1.54, 1.807) is 11.1 Å². The third-order valence-electron chi connectivity index (χ3n) is 5.89. The number of rotatable bonds is 2. The molecule has 2 aliphatic rings. The maximum absolute atomic E-state index is 8.91. The number of nitrogens with zero attached hydrogens (tertiary/aromatic N) is 2. The SMILES string of the molecule is N=C(c1ccc(C2(N)CCC2)cc1)N1C(=N)c2ccccc2Nc2ncccc21. The van der Waals surface area contributed by atoms with E-state index in [0.717, 1.165) is 41.6 Å². The van der Waals surface area contributed by atoms with Crippen molar-refractivity contribution in [1.29, 1.82) is 10.8 Å². The molecule has 1 aliphatic heterocycles. The Balaban J connectivity index is 1.57. The number of nitrogens with one attached hydrogen (secondary N) is 3. The van der Waals surface area contributed by atoms with Gasteiger partial charge in [0.1, 0.15) is 11.7 Å². The number of amidine groups is 2. The summed E-state index contributed by atoms with van der Waals surface area (Å²) in [6.45, 7) is 0. The molecule has 6 nitrogen and oxygen atoms in total. The van der Waals surface area contributed by atoms with Crippen LogP contribution in [0.5, 0.6) is 0 Å². The minimum absolute atomic E-state index is 0.227. The zero-order valence-electron chi connectivity index (χ0n) is 15.9. The molecular weight excluding hydrogens is 360 g/mol. The number of nitrogens with two attached hydrogens (primary N) is 1. The first-order valence-electron chi connectivity index (χ1n) is 9.75. The van der Waals surface area contributed by atoms with E-state index < -0.39 is 0 Å². The van der Waals surface area contributed by atoms with E-state index in [0.29, 0.717) is 11.5 Å². The first-order valence-corrected chi connectivity index (χ1v) is 9.75. The average Bonchev–Trinajstić information content (AvgIpc) is 2.85. The fraction of sp³-hybridized carbons (Fsp3) is 0.174. The van der Waals surface area contributed by atoms with Crippen molar-refractivity contribution in [2.24, 2.45) is 5.73 Å². The van der Waals surface area contributed by atoms with Crippen LogP contribution in [-0.2, 0) is 5.54 Å². The van der Waals surface area contributed by atoms with Gasteiger partial charge in [-0.25, -0.2) is 4.98 Å². The van der Waals surface area contributed by atoms with Gasteiger partial charge in [-0.3, -0.25) is 15.7 Å². The van der Waals surface area contributed by atoms with Gasteiger partial charge >= 0.3 is 0 Å². The van der Waals surface area contributed by atoms with E-state index in [1.807, 2.05) is 60.7 Å². The molecule has 2 aromatic carbocycles. The Morgan fingerprint density at radius 2 is 1.79 bits per heavy atom. The molecule has 0 spiro atoms. The van der Waals surface area contributed by atoms with Crippen LogP contribution in [0.3, 0.4) is 0 Å². The van der Waals surface area contributed by atoms with Crippen LogP contribution in [0.15, 0.2) is 66.9 Å². The number of hydrogen-bond acceptors (Lipinski definition) is 5. The van der Waals surface area contributed by atoms with Crippen LogP contribution >= 0.6 is 0 Å². The summed E-state index contributed by atoms with van der Waals surface area (Å²) in [6, 6.07) is 19.2. The Hall–Kier alpha value is -3.51. The number of pyridine rings is 1. The Labute approximate surface area is 169 Å². The highest BCUT2D eigenvalue weighted by Crippen LogP contribution is 2.39. The molecule has 0 atom stereocenters. The van der Waals surface area contributed by atoms with E-state index in [2.05, 4.69) is 10.3 Å². The molecule has 6 heteroatoms.